The number of phenols is 1. The maximum Gasteiger partial charge on any atom is 0.152 e. The van der Waals surface area contributed by atoms with Crippen molar-refractivity contribution in [2.24, 2.45) is 0 Å². The van der Waals surface area contributed by atoms with Gasteiger partial charge in [0.05, 0.1) is 5.88 Å². The van der Waals surface area contributed by atoms with Gasteiger partial charge in [-0.3, -0.25) is 4.79 Å². The van der Waals surface area contributed by atoms with E-state index in [4.69, 9.17) is 17.3 Å². The predicted molar refractivity (Wildman–Crippen MR) is 52.0 cm³/mol. The summed E-state index contributed by atoms with van der Waals surface area (Å²) in [6, 6.07) is 4.67. The summed E-state index contributed by atoms with van der Waals surface area (Å²) in [7, 11) is 0. The third kappa shape index (κ3) is 2.63. The first-order valence-electron chi connectivity index (χ1n) is 3.78. The van der Waals surface area contributed by atoms with Crippen LogP contribution in [0.15, 0.2) is 18.2 Å². The molecule has 0 aliphatic heterocycles. The van der Waals surface area contributed by atoms with Gasteiger partial charge in [0, 0.05) is 23.7 Å². The molecule has 70 valence electrons. The van der Waals surface area contributed by atoms with Gasteiger partial charge in [0.1, 0.15) is 5.75 Å². The zero-order valence-corrected chi connectivity index (χ0v) is 7.71. The molecule has 13 heavy (non-hydrogen) atoms. The summed E-state index contributed by atoms with van der Waals surface area (Å²) < 4.78 is 0. The van der Waals surface area contributed by atoms with Crippen LogP contribution in [0.1, 0.15) is 5.56 Å². The van der Waals surface area contributed by atoms with Crippen LogP contribution in [-0.2, 0) is 11.2 Å². The number of carbonyl (C=O) groups is 1. The van der Waals surface area contributed by atoms with Gasteiger partial charge in [-0.2, -0.15) is 0 Å². The second-order valence-corrected chi connectivity index (χ2v) is 3.00. The van der Waals surface area contributed by atoms with E-state index < -0.39 is 0 Å². The van der Waals surface area contributed by atoms with Crippen LogP contribution in [0.2, 0.25) is 0 Å². The summed E-state index contributed by atoms with van der Waals surface area (Å²) in [5.74, 6) is -0.121. The van der Waals surface area contributed by atoms with Crippen LogP contribution in [0.5, 0.6) is 5.75 Å². The van der Waals surface area contributed by atoms with E-state index in [-0.39, 0.29) is 23.8 Å². The zero-order valence-electron chi connectivity index (χ0n) is 6.96. The Balaban J connectivity index is 2.83. The summed E-state index contributed by atoms with van der Waals surface area (Å²) in [5, 5.41) is 9.36. The quantitative estimate of drug-likeness (QED) is 0.570. The Morgan fingerprint density at radius 3 is 2.77 bits per heavy atom. The number of carbonyl (C=O) groups excluding carboxylic acids is 1. The molecule has 0 unspecified atom stereocenters. The van der Waals surface area contributed by atoms with Crippen molar-refractivity contribution in [2.75, 3.05) is 11.6 Å². The average Bonchev–Trinajstić information content (AvgIpc) is 2.09. The molecular formula is C9H10ClNO2. The molecule has 0 aliphatic carbocycles. The van der Waals surface area contributed by atoms with E-state index in [1.54, 1.807) is 12.1 Å². The lowest BCUT2D eigenvalue weighted by Crippen LogP contribution is -2.04. The number of halogens is 1. The number of rotatable bonds is 3. The number of phenolic OH excluding ortho intramolecular Hbond substituents is 1. The Labute approximate surface area is 81.1 Å². The molecule has 0 bridgehead atoms. The van der Waals surface area contributed by atoms with Crippen molar-refractivity contribution in [2.45, 2.75) is 6.42 Å². The molecule has 0 heterocycles. The molecule has 1 aromatic rings. The minimum Gasteiger partial charge on any atom is -0.508 e. The third-order valence-corrected chi connectivity index (χ3v) is 1.94. The summed E-state index contributed by atoms with van der Waals surface area (Å²) in [6.07, 6.45) is 0.148. The lowest BCUT2D eigenvalue weighted by Gasteiger charge is -2.02. The number of hydrogen-bond donors (Lipinski definition) is 2. The molecule has 0 aromatic heterocycles. The molecule has 3 nitrogen and oxygen atoms in total. The number of nitrogen functional groups attached to an aromatic ring is 1. The second kappa shape index (κ2) is 4.14. The van der Waals surface area contributed by atoms with E-state index in [1.165, 1.54) is 6.07 Å². The highest BCUT2D eigenvalue weighted by Crippen LogP contribution is 2.20. The minimum atomic E-state index is -0.123. The average molecular weight is 200 g/mol. The topological polar surface area (TPSA) is 63.3 Å². The Bertz CT molecular complexity index is 325. The Kier molecular flexibility index (Phi) is 3.14. The maximum atomic E-state index is 10.9. The standard InChI is InChI=1S/C9H10ClNO2/c10-5-8(12)3-6-1-2-7(11)4-9(6)13/h1-2,4,13H,3,5,11H2. The van der Waals surface area contributed by atoms with Gasteiger partial charge in [-0.15, -0.1) is 11.6 Å². The van der Waals surface area contributed by atoms with Crippen LogP contribution in [0, 0.1) is 0 Å². The van der Waals surface area contributed by atoms with Crippen molar-refractivity contribution in [3.63, 3.8) is 0 Å². The van der Waals surface area contributed by atoms with Gasteiger partial charge in [0.2, 0.25) is 0 Å². The van der Waals surface area contributed by atoms with Gasteiger partial charge >= 0.3 is 0 Å². The molecule has 0 atom stereocenters. The monoisotopic (exact) mass is 199 g/mol. The molecule has 0 amide bonds. The van der Waals surface area contributed by atoms with Crippen LogP contribution in [0.3, 0.4) is 0 Å². The summed E-state index contributed by atoms with van der Waals surface area (Å²) >= 11 is 5.33. The first-order valence-corrected chi connectivity index (χ1v) is 4.32. The van der Waals surface area contributed by atoms with E-state index >= 15 is 0 Å². The van der Waals surface area contributed by atoms with Crippen LogP contribution in [0.25, 0.3) is 0 Å². The summed E-state index contributed by atoms with van der Waals surface area (Å²) in [5.41, 5.74) is 6.45. The largest absolute Gasteiger partial charge is 0.508 e. The van der Waals surface area contributed by atoms with Crippen LogP contribution in [-0.4, -0.2) is 16.8 Å². The number of ketones is 1. The predicted octanol–water partition coefficient (Wildman–Crippen LogP) is 1.32. The molecule has 0 saturated heterocycles. The fraction of sp³-hybridized carbons (Fsp3) is 0.222. The normalized spacial score (nSPS) is 9.92. The van der Waals surface area contributed by atoms with Crippen molar-refractivity contribution in [3.8, 4) is 5.75 Å². The maximum absolute atomic E-state index is 10.9. The first kappa shape index (κ1) is 9.86. The van der Waals surface area contributed by atoms with Crippen LogP contribution in [0.4, 0.5) is 5.69 Å². The van der Waals surface area contributed by atoms with E-state index in [0.717, 1.165) is 0 Å². The van der Waals surface area contributed by atoms with Crippen molar-refractivity contribution >= 4 is 23.1 Å². The summed E-state index contributed by atoms with van der Waals surface area (Å²) in [6.45, 7) is 0. The fourth-order valence-electron chi connectivity index (χ4n) is 0.990. The van der Waals surface area contributed by atoms with E-state index in [0.29, 0.717) is 11.3 Å². The van der Waals surface area contributed by atoms with Gasteiger partial charge in [-0.25, -0.2) is 0 Å². The zero-order chi connectivity index (χ0) is 9.84. The van der Waals surface area contributed by atoms with Crippen molar-refractivity contribution in [3.05, 3.63) is 23.8 Å². The van der Waals surface area contributed by atoms with E-state index in [2.05, 4.69) is 0 Å². The number of anilines is 1. The van der Waals surface area contributed by atoms with E-state index in [1.807, 2.05) is 0 Å². The minimum absolute atomic E-state index is 0.0379. The molecule has 1 aromatic carbocycles. The number of Topliss-reactive ketones (excluding diaryl/α,β-unsaturated/α-hetero) is 1. The number of hydrogen-bond acceptors (Lipinski definition) is 3. The Hall–Kier alpha value is -1.22. The highest BCUT2D eigenvalue weighted by molar-refractivity contribution is 6.27. The molecular weight excluding hydrogens is 190 g/mol. The number of benzene rings is 1. The molecule has 4 heteroatoms. The lowest BCUT2D eigenvalue weighted by molar-refractivity contribution is -0.116. The highest BCUT2D eigenvalue weighted by atomic mass is 35.5. The molecule has 0 radical (unpaired) electrons. The molecule has 0 fully saturated rings. The smallest absolute Gasteiger partial charge is 0.152 e. The Morgan fingerprint density at radius 2 is 2.23 bits per heavy atom. The lowest BCUT2D eigenvalue weighted by atomic mass is 10.1. The second-order valence-electron chi connectivity index (χ2n) is 2.74. The third-order valence-electron chi connectivity index (χ3n) is 1.65. The van der Waals surface area contributed by atoms with Gasteiger partial charge in [-0.05, 0) is 6.07 Å². The van der Waals surface area contributed by atoms with Crippen LogP contribution >= 0.6 is 11.6 Å². The Morgan fingerprint density at radius 1 is 1.54 bits per heavy atom. The molecule has 1 rings (SSSR count). The molecule has 0 aliphatic rings. The SMILES string of the molecule is Nc1ccc(CC(=O)CCl)c(O)c1. The first-order chi connectivity index (χ1) is 6.13. The van der Waals surface area contributed by atoms with Gasteiger partial charge in [0.25, 0.3) is 0 Å². The molecule has 3 N–H and O–H groups in total. The van der Waals surface area contributed by atoms with Crippen molar-refractivity contribution in [1.82, 2.24) is 0 Å². The highest BCUT2D eigenvalue weighted by Gasteiger charge is 2.06. The van der Waals surface area contributed by atoms with Crippen molar-refractivity contribution < 1.29 is 9.90 Å². The van der Waals surface area contributed by atoms with E-state index in [9.17, 15) is 9.90 Å². The number of aromatic hydroxyl groups is 1. The van der Waals surface area contributed by atoms with Crippen LogP contribution < -0.4 is 5.73 Å². The molecule has 0 saturated carbocycles. The summed E-state index contributed by atoms with van der Waals surface area (Å²) in [4.78, 5) is 10.9. The van der Waals surface area contributed by atoms with Gasteiger partial charge in [-0.1, -0.05) is 6.07 Å². The van der Waals surface area contributed by atoms with Crippen molar-refractivity contribution in [1.29, 1.82) is 0 Å². The number of alkyl halides is 1. The molecule has 0 spiro atoms. The van der Waals surface area contributed by atoms with Gasteiger partial charge in [0.15, 0.2) is 5.78 Å². The number of nitrogens with two attached hydrogens (primary N) is 1. The van der Waals surface area contributed by atoms with Gasteiger partial charge < -0.3 is 10.8 Å². The fourth-order valence-corrected chi connectivity index (χ4v) is 1.08.